The van der Waals surface area contributed by atoms with Gasteiger partial charge < -0.3 is 5.11 Å². The summed E-state index contributed by atoms with van der Waals surface area (Å²) < 4.78 is 0. The van der Waals surface area contributed by atoms with Gasteiger partial charge in [0.25, 0.3) is 5.69 Å². The second-order valence-corrected chi connectivity index (χ2v) is 5.93. The fourth-order valence-corrected chi connectivity index (χ4v) is 3.00. The van der Waals surface area contributed by atoms with E-state index >= 15 is 0 Å². The summed E-state index contributed by atoms with van der Waals surface area (Å²) in [6, 6.07) is 14.9. The van der Waals surface area contributed by atoms with E-state index in [1.807, 2.05) is 0 Å². The topological polar surface area (TPSA) is 100 Å². The van der Waals surface area contributed by atoms with E-state index < -0.39 is 4.92 Å². The zero-order chi connectivity index (χ0) is 17.8. The van der Waals surface area contributed by atoms with Crippen molar-refractivity contribution in [1.29, 1.82) is 5.26 Å². The van der Waals surface area contributed by atoms with Gasteiger partial charge in [-0.05, 0) is 35.9 Å². The molecule has 7 heteroatoms. The van der Waals surface area contributed by atoms with E-state index in [-0.39, 0.29) is 11.4 Å². The highest BCUT2D eigenvalue weighted by atomic mass is 32.1. The van der Waals surface area contributed by atoms with E-state index in [9.17, 15) is 20.5 Å². The summed E-state index contributed by atoms with van der Waals surface area (Å²) in [7, 11) is 0. The third-order valence-corrected chi connectivity index (χ3v) is 4.33. The number of phenols is 1. The second kappa shape index (κ2) is 6.95. The zero-order valence-corrected chi connectivity index (χ0v) is 13.6. The SMILES string of the molecule is N#C/C(=C/c1ccc([N+](=O)[O-])cc1)c1nc(-c2ccccc2O)cs1. The monoisotopic (exact) mass is 349 g/mol. The van der Waals surface area contributed by atoms with Crippen LogP contribution in [0.25, 0.3) is 22.9 Å². The van der Waals surface area contributed by atoms with Crippen LogP contribution >= 0.6 is 11.3 Å². The molecular weight excluding hydrogens is 338 g/mol. The van der Waals surface area contributed by atoms with Gasteiger partial charge in [0.05, 0.1) is 16.2 Å². The average Bonchev–Trinajstić information content (AvgIpc) is 3.10. The molecule has 1 aromatic heterocycles. The Morgan fingerprint density at radius 1 is 1.24 bits per heavy atom. The molecule has 3 aromatic rings. The van der Waals surface area contributed by atoms with Crippen molar-refractivity contribution in [3.8, 4) is 23.1 Å². The lowest BCUT2D eigenvalue weighted by Gasteiger charge is -1.99. The van der Waals surface area contributed by atoms with E-state index in [0.29, 0.717) is 27.4 Å². The van der Waals surface area contributed by atoms with Gasteiger partial charge in [-0.2, -0.15) is 5.26 Å². The third-order valence-electron chi connectivity index (χ3n) is 3.45. The summed E-state index contributed by atoms with van der Waals surface area (Å²) in [6.07, 6.45) is 1.62. The molecule has 0 saturated heterocycles. The molecule has 0 radical (unpaired) electrons. The van der Waals surface area contributed by atoms with Crippen LogP contribution in [0.5, 0.6) is 5.75 Å². The number of nitriles is 1. The first kappa shape index (κ1) is 16.4. The lowest BCUT2D eigenvalue weighted by molar-refractivity contribution is -0.384. The molecule has 1 N–H and O–H groups in total. The van der Waals surface area contributed by atoms with Gasteiger partial charge in [-0.15, -0.1) is 11.3 Å². The molecule has 0 aliphatic heterocycles. The van der Waals surface area contributed by atoms with Gasteiger partial charge in [-0.25, -0.2) is 4.98 Å². The van der Waals surface area contributed by atoms with Crippen LogP contribution in [0.1, 0.15) is 10.6 Å². The minimum Gasteiger partial charge on any atom is -0.507 e. The molecule has 0 atom stereocenters. The van der Waals surface area contributed by atoms with Crippen molar-refractivity contribution >= 4 is 28.7 Å². The smallest absolute Gasteiger partial charge is 0.269 e. The maximum atomic E-state index is 10.7. The van der Waals surface area contributed by atoms with Crippen molar-refractivity contribution in [3.63, 3.8) is 0 Å². The Hall–Kier alpha value is -3.50. The van der Waals surface area contributed by atoms with Gasteiger partial charge >= 0.3 is 0 Å². The molecule has 0 fully saturated rings. The quantitative estimate of drug-likeness (QED) is 0.425. The number of non-ortho nitro benzene ring substituents is 1. The number of hydrogen-bond donors (Lipinski definition) is 1. The van der Waals surface area contributed by atoms with Gasteiger partial charge in [0.1, 0.15) is 16.8 Å². The van der Waals surface area contributed by atoms with Crippen LogP contribution < -0.4 is 0 Å². The molecule has 0 unspecified atom stereocenters. The highest BCUT2D eigenvalue weighted by Gasteiger charge is 2.12. The predicted octanol–water partition coefficient (Wildman–Crippen LogP) is 4.49. The van der Waals surface area contributed by atoms with Crippen molar-refractivity contribution in [3.05, 3.63) is 74.6 Å². The summed E-state index contributed by atoms with van der Waals surface area (Å²) in [4.78, 5) is 14.6. The van der Waals surface area contributed by atoms with Crippen molar-refractivity contribution in [2.45, 2.75) is 0 Å². The number of phenolic OH excluding ortho intramolecular Hbond substituents is 1. The molecule has 0 aliphatic rings. The van der Waals surface area contributed by atoms with Gasteiger partial charge in [0.2, 0.25) is 0 Å². The van der Waals surface area contributed by atoms with E-state index in [1.54, 1.807) is 47.9 Å². The van der Waals surface area contributed by atoms with Crippen molar-refractivity contribution < 1.29 is 10.0 Å². The van der Waals surface area contributed by atoms with E-state index in [1.165, 1.54) is 23.5 Å². The Balaban J connectivity index is 1.93. The average molecular weight is 349 g/mol. The lowest BCUT2D eigenvalue weighted by atomic mass is 10.1. The van der Waals surface area contributed by atoms with Gasteiger partial charge in [-0.3, -0.25) is 10.1 Å². The first-order chi connectivity index (χ1) is 12.1. The number of hydrogen-bond acceptors (Lipinski definition) is 6. The Morgan fingerprint density at radius 2 is 1.96 bits per heavy atom. The molecule has 0 saturated carbocycles. The summed E-state index contributed by atoms with van der Waals surface area (Å²) in [6.45, 7) is 0. The first-order valence-corrected chi connectivity index (χ1v) is 8.07. The molecule has 0 aliphatic carbocycles. The van der Waals surface area contributed by atoms with Crippen LogP contribution in [-0.4, -0.2) is 15.0 Å². The molecule has 1 heterocycles. The largest absolute Gasteiger partial charge is 0.507 e. The number of thiazole rings is 1. The summed E-state index contributed by atoms with van der Waals surface area (Å²) in [5, 5.41) is 32.3. The molecule has 122 valence electrons. The van der Waals surface area contributed by atoms with Crippen LogP contribution in [0.2, 0.25) is 0 Å². The molecule has 0 bridgehead atoms. The highest BCUT2D eigenvalue weighted by molar-refractivity contribution is 7.11. The Kier molecular flexibility index (Phi) is 4.55. The molecule has 6 nitrogen and oxygen atoms in total. The molecule has 0 spiro atoms. The fraction of sp³-hybridized carbons (Fsp3) is 0. The van der Waals surface area contributed by atoms with E-state index in [2.05, 4.69) is 11.1 Å². The maximum Gasteiger partial charge on any atom is 0.269 e. The van der Waals surface area contributed by atoms with E-state index in [4.69, 9.17) is 0 Å². The van der Waals surface area contributed by atoms with Crippen LogP contribution in [0.4, 0.5) is 5.69 Å². The number of aromatic nitrogens is 1. The van der Waals surface area contributed by atoms with Crippen LogP contribution in [0.3, 0.4) is 0 Å². The minimum atomic E-state index is -0.474. The molecule has 3 rings (SSSR count). The summed E-state index contributed by atoms with van der Waals surface area (Å²) in [5.41, 5.74) is 2.19. The maximum absolute atomic E-state index is 10.7. The number of nitrogens with zero attached hydrogens (tertiary/aromatic N) is 3. The predicted molar refractivity (Wildman–Crippen MR) is 95.8 cm³/mol. The van der Waals surface area contributed by atoms with E-state index in [0.717, 1.165) is 0 Å². The van der Waals surface area contributed by atoms with Crippen LogP contribution in [0, 0.1) is 21.4 Å². The molecule has 25 heavy (non-hydrogen) atoms. The number of rotatable bonds is 4. The molecule has 2 aromatic carbocycles. The first-order valence-electron chi connectivity index (χ1n) is 7.19. The Bertz CT molecular complexity index is 1000. The molecule has 0 amide bonds. The second-order valence-electron chi connectivity index (χ2n) is 5.07. The van der Waals surface area contributed by atoms with Crippen molar-refractivity contribution in [1.82, 2.24) is 4.98 Å². The summed E-state index contributed by atoms with van der Waals surface area (Å²) >= 11 is 1.29. The number of nitro groups is 1. The van der Waals surface area contributed by atoms with Crippen molar-refractivity contribution in [2.75, 3.05) is 0 Å². The number of benzene rings is 2. The Labute approximate surface area is 147 Å². The summed E-state index contributed by atoms with van der Waals surface area (Å²) in [5.74, 6) is 0.122. The zero-order valence-electron chi connectivity index (χ0n) is 12.8. The van der Waals surface area contributed by atoms with Crippen LogP contribution in [0.15, 0.2) is 53.9 Å². The number of nitro benzene ring substituents is 1. The lowest BCUT2D eigenvalue weighted by Crippen LogP contribution is -1.87. The van der Waals surface area contributed by atoms with Gasteiger partial charge in [-0.1, -0.05) is 12.1 Å². The normalized spacial score (nSPS) is 11.1. The number of para-hydroxylation sites is 1. The fourth-order valence-electron chi connectivity index (χ4n) is 2.21. The standard InChI is InChI=1S/C18H11N3O3S/c19-10-13(9-12-5-7-14(8-6-12)21(23)24)18-20-16(11-25-18)15-3-1-2-4-17(15)22/h1-9,11,22H/b13-9-. The third kappa shape index (κ3) is 3.54. The number of allylic oxidation sites excluding steroid dienone is 1. The number of aromatic hydroxyl groups is 1. The Morgan fingerprint density at radius 3 is 2.60 bits per heavy atom. The van der Waals surface area contributed by atoms with Crippen molar-refractivity contribution in [2.24, 2.45) is 0 Å². The van der Waals surface area contributed by atoms with Gasteiger partial charge in [0.15, 0.2) is 0 Å². The highest BCUT2D eigenvalue weighted by Crippen LogP contribution is 2.32. The molecular formula is C18H11N3O3S. The minimum absolute atomic E-state index is 0.00764. The van der Waals surface area contributed by atoms with Crippen LogP contribution in [-0.2, 0) is 0 Å². The van der Waals surface area contributed by atoms with Gasteiger partial charge in [0, 0.05) is 23.1 Å².